The molecule has 0 radical (unpaired) electrons. The van der Waals surface area contributed by atoms with Crippen LogP contribution in [0.15, 0.2) is 18.2 Å². The van der Waals surface area contributed by atoms with E-state index in [-0.39, 0.29) is 12.6 Å². The number of hydrogen-bond acceptors (Lipinski definition) is 2. The molecule has 0 saturated heterocycles. The molecule has 1 aliphatic rings. The molecule has 5 heteroatoms. The Bertz CT molecular complexity index is 521. The highest BCUT2D eigenvalue weighted by Crippen LogP contribution is 2.45. The zero-order valence-corrected chi connectivity index (χ0v) is 11.1. The molecule has 1 aliphatic carbocycles. The van der Waals surface area contributed by atoms with Crippen molar-refractivity contribution in [3.8, 4) is 0 Å². The summed E-state index contributed by atoms with van der Waals surface area (Å²) in [5.74, 6) is -0.834. The largest absolute Gasteiger partial charge is 0.481 e. The first kappa shape index (κ1) is 13.4. The smallest absolute Gasteiger partial charge is 0.319 e. The highest BCUT2D eigenvalue weighted by Gasteiger charge is 2.50. The first-order valence-electron chi connectivity index (χ1n) is 6.28. The van der Waals surface area contributed by atoms with Gasteiger partial charge in [0, 0.05) is 12.2 Å². The van der Waals surface area contributed by atoms with Gasteiger partial charge in [-0.25, -0.2) is 4.79 Å². The quantitative estimate of drug-likeness (QED) is 0.779. The van der Waals surface area contributed by atoms with E-state index >= 15 is 0 Å². The predicted octanol–water partition coefficient (Wildman–Crippen LogP) is 2.29. The number of nitrogens with one attached hydrogen (secondary N) is 2. The fourth-order valence-electron chi connectivity index (χ4n) is 1.86. The van der Waals surface area contributed by atoms with Crippen molar-refractivity contribution >= 4 is 17.7 Å². The number of anilines is 1. The van der Waals surface area contributed by atoms with Crippen LogP contribution < -0.4 is 10.6 Å². The van der Waals surface area contributed by atoms with Crippen molar-refractivity contribution in [3.63, 3.8) is 0 Å². The summed E-state index contributed by atoms with van der Waals surface area (Å²) >= 11 is 0. The van der Waals surface area contributed by atoms with Crippen molar-refractivity contribution < 1.29 is 14.7 Å². The van der Waals surface area contributed by atoms with Gasteiger partial charge in [-0.3, -0.25) is 4.79 Å². The number of amides is 2. The van der Waals surface area contributed by atoms with Crippen molar-refractivity contribution in [3.05, 3.63) is 29.3 Å². The van der Waals surface area contributed by atoms with Crippen LogP contribution in [0.2, 0.25) is 0 Å². The maximum absolute atomic E-state index is 11.7. The number of rotatable bonds is 4. The van der Waals surface area contributed by atoms with Crippen LogP contribution in [0.5, 0.6) is 0 Å². The van der Waals surface area contributed by atoms with Crippen LogP contribution in [0.3, 0.4) is 0 Å². The highest BCUT2D eigenvalue weighted by molar-refractivity contribution is 5.90. The number of benzene rings is 1. The molecule has 1 aromatic carbocycles. The Kier molecular flexibility index (Phi) is 3.46. The van der Waals surface area contributed by atoms with Crippen LogP contribution in [0, 0.1) is 19.3 Å². The van der Waals surface area contributed by atoms with Crippen molar-refractivity contribution in [1.82, 2.24) is 5.32 Å². The maximum atomic E-state index is 11.7. The topological polar surface area (TPSA) is 78.4 Å². The molecule has 5 nitrogen and oxygen atoms in total. The van der Waals surface area contributed by atoms with Crippen LogP contribution >= 0.6 is 0 Å². The number of carboxylic acids is 1. The molecular weight excluding hydrogens is 244 g/mol. The molecule has 1 aromatic rings. The molecule has 2 rings (SSSR count). The van der Waals surface area contributed by atoms with Gasteiger partial charge in [0.05, 0.1) is 5.41 Å². The van der Waals surface area contributed by atoms with Gasteiger partial charge in [-0.2, -0.15) is 0 Å². The Morgan fingerprint density at radius 2 is 1.95 bits per heavy atom. The molecule has 3 N–H and O–H groups in total. The molecule has 0 atom stereocenters. The Labute approximate surface area is 112 Å². The number of aryl methyl sites for hydroxylation is 2. The molecule has 0 aliphatic heterocycles. The lowest BCUT2D eigenvalue weighted by Gasteiger charge is -2.12. The molecule has 102 valence electrons. The molecule has 0 unspecified atom stereocenters. The summed E-state index contributed by atoms with van der Waals surface area (Å²) in [6, 6.07) is 5.28. The third-order valence-electron chi connectivity index (χ3n) is 3.66. The number of hydrogen-bond donors (Lipinski definition) is 3. The highest BCUT2D eigenvalue weighted by atomic mass is 16.4. The summed E-state index contributed by atoms with van der Waals surface area (Å²) in [7, 11) is 0. The second-order valence-corrected chi connectivity index (χ2v) is 5.19. The summed E-state index contributed by atoms with van der Waals surface area (Å²) in [4.78, 5) is 22.7. The average Bonchev–Trinajstić information content (AvgIpc) is 3.13. The van der Waals surface area contributed by atoms with Gasteiger partial charge in [-0.15, -0.1) is 0 Å². The summed E-state index contributed by atoms with van der Waals surface area (Å²) in [6.45, 7) is 4.16. The van der Waals surface area contributed by atoms with E-state index in [2.05, 4.69) is 10.6 Å². The predicted molar refractivity (Wildman–Crippen MR) is 72.2 cm³/mol. The average molecular weight is 262 g/mol. The zero-order valence-electron chi connectivity index (χ0n) is 11.1. The first-order chi connectivity index (χ1) is 8.93. The van der Waals surface area contributed by atoms with E-state index in [4.69, 9.17) is 5.11 Å². The van der Waals surface area contributed by atoms with Gasteiger partial charge in [0.15, 0.2) is 0 Å². The van der Waals surface area contributed by atoms with E-state index in [1.807, 2.05) is 32.0 Å². The van der Waals surface area contributed by atoms with Crippen molar-refractivity contribution in [2.24, 2.45) is 5.41 Å². The van der Waals surface area contributed by atoms with Crippen LogP contribution in [0.4, 0.5) is 10.5 Å². The summed E-state index contributed by atoms with van der Waals surface area (Å²) in [6.07, 6.45) is 1.26. The van der Waals surface area contributed by atoms with Gasteiger partial charge in [-0.1, -0.05) is 6.07 Å². The fourth-order valence-corrected chi connectivity index (χ4v) is 1.86. The molecule has 2 amide bonds. The number of carbonyl (C=O) groups is 2. The Morgan fingerprint density at radius 1 is 1.26 bits per heavy atom. The van der Waals surface area contributed by atoms with E-state index in [1.54, 1.807) is 0 Å². The number of carbonyl (C=O) groups excluding carboxylic acids is 1. The minimum atomic E-state index is -0.834. The Balaban J connectivity index is 1.88. The monoisotopic (exact) mass is 262 g/mol. The molecule has 0 spiro atoms. The van der Waals surface area contributed by atoms with E-state index in [9.17, 15) is 9.59 Å². The maximum Gasteiger partial charge on any atom is 0.319 e. The number of urea groups is 1. The SMILES string of the molecule is Cc1ccc(NC(=O)NCC2(C(=O)O)CC2)cc1C. The number of carboxylic acid groups (broad SMARTS) is 1. The van der Waals surface area contributed by atoms with Crippen LogP contribution in [0.25, 0.3) is 0 Å². The lowest BCUT2D eigenvalue weighted by atomic mass is 10.1. The second-order valence-electron chi connectivity index (χ2n) is 5.19. The summed E-state index contributed by atoms with van der Waals surface area (Å²) in [5.41, 5.74) is 2.23. The van der Waals surface area contributed by atoms with Gasteiger partial charge in [0.2, 0.25) is 0 Å². The van der Waals surface area contributed by atoms with Gasteiger partial charge in [-0.05, 0) is 49.9 Å². The third kappa shape index (κ3) is 3.05. The van der Waals surface area contributed by atoms with Gasteiger partial charge in [0.1, 0.15) is 0 Å². The van der Waals surface area contributed by atoms with Crippen molar-refractivity contribution in [2.75, 3.05) is 11.9 Å². The second kappa shape index (κ2) is 4.91. The van der Waals surface area contributed by atoms with E-state index < -0.39 is 11.4 Å². The standard InChI is InChI=1S/C14H18N2O3/c1-9-3-4-11(7-10(9)2)16-13(19)15-8-14(5-6-14)12(17)18/h3-4,7H,5-6,8H2,1-2H3,(H,17,18)(H2,15,16,19). The van der Waals surface area contributed by atoms with E-state index in [0.29, 0.717) is 18.5 Å². The van der Waals surface area contributed by atoms with E-state index in [0.717, 1.165) is 11.1 Å². The molecule has 0 aromatic heterocycles. The van der Waals surface area contributed by atoms with Crippen LogP contribution in [0.1, 0.15) is 24.0 Å². The fraction of sp³-hybridized carbons (Fsp3) is 0.429. The molecule has 1 saturated carbocycles. The van der Waals surface area contributed by atoms with Crippen molar-refractivity contribution in [1.29, 1.82) is 0 Å². The minimum absolute atomic E-state index is 0.180. The Morgan fingerprint density at radius 3 is 2.47 bits per heavy atom. The van der Waals surface area contributed by atoms with Gasteiger partial charge < -0.3 is 15.7 Å². The molecule has 1 fully saturated rings. The number of aliphatic carboxylic acids is 1. The van der Waals surface area contributed by atoms with Crippen molar-refractivity contribution in [2.45, 2.75) is 26.7 Å². The van der Waals surface area contributed by atoms with Crippen LogP contribution in [-0.4, -0.2) is 23.7 Å². The molecule has 0 heterocycles. The summed E-state index contributed by atoms with van der Waals surface area (Å²) in [5, 5.41) is 14.3. The summed E-state index contributed by atoms with van der Waals surface area (Å²) < 4.78 is 0. The van der Waals surface area contributed by atoms with E-state index in [1.165, 1.54) is 0 Å². The Hall–Kier alpha value is -2.04. The minimum Gasteiger partial charge on any atom is -0.481 e. The van der Waals surface area contributed by atoms with Gasteiger partial charge in [0.25, 0.3) is 0 Å². The molecule has 19 heavy (non-hydrogen) atoms. The molecule has 0 bridgehead atoms. The van der Waals surface area contributed by atoms with Gasteiger partial charge >= 0.3 is 12.0 Å². The normalized spacial score (nSPS) is 15.7. The first-order valence-corrected chi connectivity index (χ1v) is 6.28. The lowest BCUT2D eigenvalue weighted by molar-refractivity contribution is -0.143. The molecular formula is C14H18N2O3. The third-order valence-corrected chi connectivity index (χ3v) is 3.66. The zero-order chi connectivity index (χ0) is 14.0. The van der Waals surface area contributed by atoms with Crippen LogP contribution in [-0.2, 0) is 4.79 Å². The lowest BCUT2D eigenvalue weighted by Crippen LogP contribution is -2.36.